The maximum absolute atomic E-state index is 12.6. The second-order valence-corrected chi connectivity index (χ2v) is 9.25. The molecule has 5 rings (SSSR count). The lowest BCUT2D eigenvalue weighted by Gasteiger charge is -2.09. The van der Waals surface area contributed by atoms with Gasteiger partial charge in [0.05, 0.1) is 10.0 Å². The summed E-state index contributed by atoms with van der Waals surface area (Å²) in [7, 11) is 0. The zero-order valence-electron chi connectivity index (χ0n) is 17.4. The number of furan rings is 1. The molecule has 5 aromatic rings. The zero-order chi connectivity index (χ0) is 23.8. The van der Waals surface area contributed by atoms with Gasteiger partial charge in [0.15, 0.2) is 16.7 Å². The zero-order valence-corrected chi connectivity index (χ0v) is 20.5. The summed E-state index contributed by atoms with van der Waals surface area (Å²) >= 11 is 19.0. The highest BCUT2D eigenvalue weighted by Gasteiger charge is 2.16. The number of aromatic nitrogens is 4. The first-order valence-electron chi connectivity index (χ1n) is 9.85. The van der Waals surface area contributed by atoms with E-state index in [0.29, 0.717) is 32.0 Å². The Morgan fingerprint density at radius 3 is 2.76 bits per heavy atom. The predicted octanol–water partition coefficient (Wildman–Crippen LogP) is 5.85. The van der Waals surface area contributed by atoms with Crippen molar-refractivity contribution in [3.05, 3.63) is 76.2 Å². The minimum Gasteiger partial charge on any atom is -0.451 e. The summed E-state index contributed by atoms with van der Waals surface area (Å²) in [6.45, 7) is 1.84. The number of thiocarbonyl (C=S) groups is 1. The fourth-order valence-corrected chi connectivity index (χ4v) is 4.67. The number of anilines is 1. The van der Waals surface area contributed by atoms with Gasteiger partial charge in [-0.15, -0.1) is 10.2 Å². The quantitative estimate of drug-likeness (QED) is 0.282. The Kier molecular flexibility index (Phi) is 6.05. The van der Waals surface area contributed by atoms with Crippen molar-refractivity contribution in [1.29, 1.82) is 0 Å². The number of carbonyl (C=O) groups excluding carboxylic acids is 1. The van der Waals surface area contributed by atoms with Gasteiger partial charge in [0, 0.05) is 16.8 Å². The average molecular weight is 529 g/mol. The van der Waals surface area contributed by atoms with Crippen LogP contribution < -0.4 is 10.6 Å². The van der Waals surface area contributed by atoms with Gasteiger partial charge in [-0.2, -0.15) is 9.61 Å². The van der Waals surface area contributed by atoms with Crippen LogP contribution in [0.25, 0.3) is 26.9 Å². The van der Waals surface area contributed by atoms with E-state index in [1.165, 1.54) is 11.3 Å². The normalized spacial score (nSPS) is 11.0. The SMILES string of the molecule is Cc1nnc2sc(-c3cccc(NC(=S)NC(=O)c4ccc(-c5cccc(Cl)c5Cl)o4)c3)nn12. The fraction of sp³-hybridized carbons (Fsp3) is 0.0455. The third kappa shape index (κ3) is 4.40. The van der Waals surface area contributed by atoms with E-state index in [-0.39, 0.29) is 10.9 Å². The molecule has 0 atom stereocenters. The number of hydrogen-bond acceptors (Lipinski definition) is 7. The molecular weight excluding hydrogens is 515 g/mol. The summed E-state index contributed by atoms with van der Waals surface area (Å²) in [5.74, 6) is 0.722. The summed E-state index contributed by atoms with van der Waals surface area (Å²) in [6, 6.07) is 15.9. The molecular formula is C22H14Cl2N6O2S2. The molecule has 12 heteroatoms. The van der Waals surface area contributed by atoms with Gasteiger partial charge in [-0.1, -0.05) is 52.7 Å². The number of nitrogens with one attached hydrogen (secondary N) is 2. The summed E-state index contributed by atoms with van der Waals surface area (Å²) in [5.41, 5.74) is 2.16. The number of carbonyl (C=O) groups is 1. The molecule has 0 unspecified atom stereocenters. The Hall–Kier alpha value is -3.31. The fourth-order valence-electron chi connectivity index (χ4n) is 3.19. The molecule has 0 bridgehead atoms. The first-order valence-corrected chi connectivity index (χ1v) is 11.8. The van der Waals surface area contributed by atoms with Crippen molar-refractivity contribution in [1.82, 2.24) is 25.1 Å². The average Bonchev–Trinajstić information content (AvgIpc) is 3.54. The standard InChI is InChI=1S/C22H14Cl2N6O2S2/c1-11-27-28-22-30(11)29-20(34-22)12-4-2-5-13(10-12)25-21(33)26-19(31)17-9-8-16(32-17)14-6-3-7-15(23)18(14)24/h2-10H,1H3,(H2,25,26,31,33). The molecule has 0 saturated carbocycles. The van der Waals surface area contributed by atoms with Crippen molar-refractivity contribution in [2.24, 2.45) is 0 Å². The van der Waals surface area contributed by atoms with E-state index in [0.717, 1.165) is 16.4 Å². The van der Waals surface area contributed by atoms with E-state index in [1.807, 2.05) is 31.2 Å². The van der Waals surface area contributed by atoms with E-state index < -0.39 is 5.91 Å². The third-order valence-electron chi connectivity index (χ3n) is 4.79. The van der Waals surface area contributed by atoms with Crippen molar-refractivity contribution in [3.63, 3.8) is 0 Å². The molecule has 8 nitrogen and oxygen atoms in total. The number of fused-ring (bicyclic) bond motifs is 1. The van der Waals surface area contributed by atoms with Crippen LogP contribution in [-0.2, 0) is 0 Å². The number of aryl methyl sites for hydroxylation is 1. The first kappa shape index (κ1) is 22.5. The smallest absolute Gasteiger partial charge is 0.293 e. The molecule has 34 heavy (non-hydrogen) atoms. The third-order valence-corrected chi connectivity index (χ3v) is 6.76. The van der Waals surface area contributed by atoms with Crippen LogP contribution >= 0.6 is 46.8 Å². The Morgan fingerprint density at radius 1 is 1.12 bits per heavy atom. The second kappa shape index (κ2) is 9.15. The van der Waals surface area contributed by atoms with Gasteiger partial charge in [-0.3, -0.25) is 10.1 Å². The Morgan fingerprint density at radius 2 is 1.94 bits per heavy atom. The molecule has 2 aromatic carbocycles. The minimum absolute atomic E-state index is 0.0825. The van der Waals surface area contributed by atoms with Gasteiger partial charge < -0.3 is 9.73 Å². The lowest BCUT2D eigenvalue weighted by atomic mass is 10.2. The highest BCUT2D eigenvalue weighted by molar-refractivity contribution is 7.80. The van der Waals surface area contributed by atoms with Gasteiger partial charge in [-0.25, -0.2) is 0 Å². The molecule has 0 spiro atoms. The first-order chi connectivity index (χ1) is 16.4. The van der Waals surface area contributed by atoms with Gasteiger partial charge >= 0.3 is 0 Å². The van der Waals surface area contributed by atoms with Crippen LogP contribution in [-0.4, -0.2) is 30.8 Å². The van der Waals surface area contributed by atoms with Crippen molar-refractivity contribution in [3.8, 4) is 21.9 Å². The number of nitrogens with zero attached hydrogens (tertiary/aromatic N) is 4. The van der Waals surface area contributed by atoms with E-state index in [9.17, 15) is 4.79 Å². The maximum atomic E-state index is 12.6. The Bertz CT molecular complexity index is 1560. The highest BCUT2D eigenvalue weighted by Crippen LogP contribution is 2.34. The van der Waals surface area contributed by atoms with Gasteiger partial charge in [-0.05, 0) is 55.5 Å². The topological polar surface area (TPSA) is 97.3 Å². The summed E-state index contributed by atoms with van der Waals surface area (Å²) in [5, 5.41) is 19.9. The molecule has 0 radical (unpaired) electrons. The van der Waals surface area contributed by atoms with Gasteiger partial charge in [0.2, 0.25) is 4.96 Å². The number of amides is 1. The van der Waals surface area contributed by atoms with Crippen molar-refractivity contribution in [2.45, 2.75) is 6.92 Å². The lowest BCUT2D eigenvalue weighted by Crippen LogP contribution is -2.33. The number of halogens is 2. The van der Waals surface area contributed by atoms with Crippen LogP contribution in [0.2, 0.25) is 10.0 Å². The molecule has 0 aliphatic heterocycles. The lowest BCUT2D eigenvalue weighted by molar-refractivity contribution is 0.0951. The van der Waals surface area contributed by atoms with Crippen LogP contribution in [0.5, 0.6) is 0 Å². The summed E-state index contributed by atoms with van der Waals surface area (Å²) < 4.78 is 7.36. The van der Waals surface area contributed by atoms with E-state index in [1.54, 1.807) is 34.8 Å². The van der Waals surface area contributed by atoms with E-state index in [4.69, 9.17) is 39.8 Å². The molecule has 170 valence electrons. The van der Waals surface area contributed by atoms with Crippen LogP contribution in [0.4, 0.5) is 5.69 Å². The number of rotatable bonds is 4. The van der Waals surface area contributed by atoms with Crippen molar-refractivity contribution in [2.75, 3.05) is 5.32 Å². The molecule has 3 aromatic heterocycles. The van der Waals surface area contributed by atoms with Gasteiger partial charge in [0.25, 0.3) is 5.91 Å². The highest BCUT2D eigenvalue weighted by atomic mass is 35.5. The summed E-state index contributed by atoms with van der Waals surface area (Å²) in [4.78, 5) is 13.3. The molecule has 2 N–H and O–H groups in total. The van der Waals surface area contributed by atoms with Crippen LogP contribution in [0.15, 0.2) is 59.0 Å². The van der Waals surface area contributed by atoms with Crippen LogP contribution in [0.3, 0.4) is 0 Å². The van der Waals surface area contributed by atoms with Crippen molar-refractivity contribution < 1.29 is 9.21 Å². The maximum Gasteiger partial charge on any atom is 0.293 e. The molecule has 0 aliphatic rings. The number of hydrogen-bond donors (Lipinski definition) is 2. The molecule has 1 amide bonds. The Balaban J connectivity index is 1.27. The molecule has 0 saturated heterocycles. The number of benzene rings is 2. The minimum atomic E-state index is -0.498. The predicted molar refractivity (Wildman–Crippen MR) is 137 cm³/mol. The van der Waals surface area contributed by atoms with E-state index in [2.05, 4.69) is 25.9 Å². The van der Waals surface area contributed by atoms with Crippen LogP contribution in [0.1, 0.15) is 16.4 Å². The second-order valence-electron chi connectivity index (χ2n) is 7.10. The van der Waals surface area contributed by atoms with Gasteiger partial charge in [0.1, 0.15) is 10.8 Å². The summed E-state index contributed by atoms with van der Waals surface area (Å²) in [6.07, 6.45) is 0. The van der Waals surface area contributed by atoms with E-state index >= 15 is 0 Å². The van der Waals surface area contributed by atoms with Crippen LogP contribution in [0, 0.1) is 6.92 Å². The Labute approximate surface area is 212 Å². The largest absolute Gasteiger partial charge is 0.451 e. The monoisotopic (exact) mass is 528 g/mol. The van der Waals surface area contributed by atoms with Crippen molar-refractivity contribution >= 4 is 68.4 Å². The molecule has 0 fully saturated rings. The molecule has 3 heterocycles. The molecule has 0 aliphatic carbocycles.